The molecule has 0 aliphatic rings. The largest absolute Gasteiger partial charge is 0.380 e. The van der Waals surface area contributed by atoms with E-state index in [0.717, 1.165) is 13.0 Å². The Hall–Kier alpha value is -0.0400. The van der Waals surface area contributed by atoms with Crippen LogP contribution in [0.3, 0.4) is 0 Å². The minimum absolute atomic E-state index is 0. The van der Waals surface area contributed by atoms with Crippen molar-refractivity contribution in [3.63, 3.8) is 0 Å². The Morgan fingerprint density at radius 2 is 1.88 bits per heavy atom. The lowest BCUT2D eigenvalue weighted by Crippen LogP contribution is -2.45. The second kappa shape index (κ2) is 9.94. The summed E-state index contributed by atoms with van der Waals surface area (Å²) in [6, 6.07) is 0. The van der Waals surface area contributed by atoms with Crippen molar-refractivity contribution in [3.05, 3.63) is 0 Å². The first-order valence-corrected chi connectivity index (χ1v) is 5.97. The van der Waals surface area contributed by atoms with E-state index in [2.05, 4.69) is 44.9 Å². The van der Waals surface area contributed by atoms with Gasteiger partial charge in [-0.05, 0) is 33.1 Å². The van der Waals surface area contributed by atoms with Crippen LogP contribution in [0.4, 0.5) is 0 Å². The van der Waals surface area contributed by atoms with E-state index < -0.39 is 0 Å². The summed E-state index contributed by atoms with van der Waals surface area (Å²) in [4.78, 5) is 4.18. The third kappa shape index (κ3) is 16.0. The molecule has 0 aliphatic carbocycles. The molecule has 0 spiro atoms. The molecule has 17 heavy (non-hydrogen) atoms. The number of ether oxygens (including phenoxy) is 1. The van der Waals surface area contributed by atoms with Gasteiger partial charge in [0.05, 0.1) is 13.2 Å². The van der Waals surface area contributed by atoms with Crippen LogP contribution in [0.25, 0.3) is 0 Å². The zero-order valence-electron chi connectivity index (χ0n) is 11.7. The summed E-state index contributed by atoms with van der Waals surface area (Å²) in [7, 11) is 0. The van der Waals surface area contributed by atoms with E-state index in [4.69, 9.17) is 10.5 Å². The number of nitrogens with zero attached hydrogens (tertiary/aromatic N) is 1. The molecule has 0 atom stereocenters. The van der Waals surface area contributed by atoms with Crippen molar-refractivity contribution in [1.29, 1.82) is 0 Å². The fourth-order valence-corrected chi connectivity index (χ4v) is 1.08. The Kier molecular flexibility index (Phi) is 11.3. The zero-order valence-corrected chi connectivity index (χ0v) is 14.1. The Bertz CT molecular complexity index is 212. The molecule has 104 valence electrons. The van der Waals surface area contributed by atoms with Crippen molar-refractivity contribution in [2.24, 2.45) is 16.6 Å². The summed E-state index contributed by atoms with van der Waals surface area (Å²) in [6.45, 7) is 12.6. The molecule has 0 aliphatic heterocycles. The van der Waals surface area contributed by atoms with E-state index in [-0.39, 0.29) is 29.5 Å². The number of guanidine groups is 1. The van der Waals surface area contributed by atoms with E-state index in [0.29, 0.717) is 25.0 Å². The van der Waals surface area contributed by atoms with Crippen LogP contribution in [0.1, 0.15) is 41.0 Å². The smallest absolute Gasteiger partial charge is 0.189 e. The highest BCUT2D eigenvalue weighted by Crippen LogP contribution is 1.99. The van der Waals surface area contributed by atoms with Gasteiger partial charge in [0.1, 0.15) is 0 Å². The number of nitrogens with one attached hydrogen (secondary N) is 1. The summed E-state index contributed by atoms with van der Waals surface area (Å²) in [6.07, 6.45) is 1.10. The minimum Gasteiger partial charge on any atom is -0.380 e. The molecule has 0 fully saturated rings. The molecule has 5 heteroatoms. The van der Waals surface area contributed by atoms with E-state index in [9.17, 15) is 0 Å². The van der Waals surface area contributed by atoms with Crippen molar-refractivity contribution in [1.82, 2.24) is 5.32 Å². The molecule has 0 aromatic rings. The maximum atomic E-state index is 5.71. The maximum Gasteiger partial charge on any atom is 0.189 e. The normalized spacial score (nSPS) is 12.5. The van der Waals surface area contributed by atoms with Crippen LogP contribution in [-0.2, 0) is 4.74 Å². The maximum absolute atomic E-state index is 5.71. The molecular weight excluding hydrogens is 329 g/mol. The fourth-order valence-electron chi connectivity index (χ4n) is 1.08. The second-order valence-corrected chi connectivity index (χ2v) is 5.44. The van der Waals surface area contributed by atoms with Gasteiger partial charge in [-0.1, -0.05) is 13.8 Å². The first-order valence-electron chi connectivity index (χ1n) is 5.97. The van der Waals surface area contributed by atoms with Crippen molar-refractivity contribution in [2.45, 2.75) is 46.6 Å². The highest BCUT2D eigenvalue weighted by atomic mass is 127. The Balaban J connectivity index is 0. The summed E-state index contributed by atoms with van der Waals surface area (Å²) >= 11 is 0. The summed E-state index contributed by atoms with van der Waals surface area (Å²) in [5, 5.41) is 3.10. The standard InChI is InChI=1S/C12H27N3O.HI/c1-10(2)6-8-16-9-7-14-11(13)15-12(3,4)5;/h10H,6-9H2,1-5H3,(H3,13,14,15);1H. The lowest BCUT2D eigenvalue weighted by molar-refractivity contribution is 0.130. The summed E-state index contributed by atoms with van der Waals surface area (Å²) in [5.74, 6) is 1.18. The molecule has 0 unspecified atom stereocenters. The average Bonchev–Trinajstić information content (AvgIpc) is 2.07. The molecule has 0 bridgehead atoms. The number of nitrogens with two attached hydrogens (primary N) is 1. The number of aliphatic imine (C=N–C) groups is 1. The molecule has 0 aromatic heterocycles. The number of hydrogen-bond donors (Lipinski definition) is 2. The Morgan fingerprint density at radius 3 is 2.35 bits per heavy atom. The molecule has 0 aromatic carbocycles. The fraction of sp³-hybridized carbons (Fsp3) is 0.917. The van der Waals surface area contributed by atoms with Crippen LogP contribution in [0.15, 0.2) is 4.99 Å². The first-order chi connectivity index (χ1) is 7.31. The summed E-state index contributed by atoms with van der Waals surface area (Å²) in [5.41, 5.74) is 5.67. The second-order valence-electron chi connectivity index (χ2n) is 5.44. The van der Waals surface area contributed by atoms with Gasteiger partial charge in [-0.2, -0.15) is 0 Å². The van der Waals surface area contributed by atoms with Crippen LogP contribution < -0.4 is 11.1 Å². The van der Waals surface area contributed by atoms with Gasteiger partial charge in [-0.3, -0.25) is 4.99 Å². The highest BCUT2D eigenvalue weighted by Gasteiger charge is 2.09. The van der Waals surface area contributed by atoms with E-state index in [1.807, 2.05) is 0 Å². The van der Waals surface area contributed by atoms with Crippen LogP contribution in [-0.4, -0.2) is 31.3 Å². The first kappa shape index (κ1) is 19.3. The molecule has 0 heterocycles. The predicted molar refractivity (Wildman–Crippen MR) is 85.1 cm³/mol. The zero-order chi connectivity index (χ0) is 12.6. The van der Waals surface area contributed by atoms with Gasteiger partial charge in [0.2, 0.25) is 0 Å². The third-order valence-corrected chi connectivity index (χ3v) is 1.86. The number of rotatable bonds is 6. The molecule has 4 nitrogen and oxygen atoms in total. The van der Waals surface area contributed by atoms with Gasteiger partial charge in [-0.25, -0.2) is 0 Å². The van der Waals surface area contributed by atoms with E-state index >= 15 is 0 Å². The average molecular weight is 357 g/mol. The Morgan fingerprint density at radius 1 is 1.29 bits per heavy atom. The van der Waals surface area contributed by atoms with Crippen LogP contribution >= 0.6 is 24.0 Å². The van der Waals surface area contributed by atoms with Crippen molar-refractivity contribution in [3.8, 4) is 0 Å². The summed E-state index contributed by atoms with van der Waals surface area (Å²) < 4.78 is 5.43. The predicted octanol–water partition coefficient (Wildman–Crippen LogP) is 2.37. The lowest BCUT2D eigenvalue weighted by Gasteiger charge is -2.20. The monoisotopic (exact) mass is 357 g/mol. The minimum atomic E-state index is -0.0356. The Labute approximate surface area is 123 Å². The third-order valence-electron chi connectivity index (χ3n) is 1.86. The van der Waals surface area contributed by atoms with Crippen LogP contribution in [0, 0.1) is 5.92 Å². The molecule has 3 N–H and O–H groups in total. The molecule has 0 rings (SSSR count). The topological polar surface area (TPSA) is 59.6 Å². The quantitative estimate of drug-likeness (QED) is 0.332. The van der Waals surface area contributed by atoms with Gasteiger partial charge in [0.25, 0.3) is 0 Å². The molecule has 0 saturated heterocycles. The van der Waals surface area contributed by atoms with E-state index in [1.165, 1.54) is 0 Å². The molecular formula is C12H28IN3O. The number of hydrogen-bond acceptors (Lipinski definition) is 2. The van der Waals surface area contributed by atoms with Crippen LogP contribution in [0.5, 0.6) is 0 Å². The van der Waals surface area contributed by atoms with Crippen molar-refractivity contribution in [2.75, 3.05) is 19.8 Å². The lowest BCUT2D eigenvalue weighted by atomic mass is 10.1. The van der Waals surface area contributed by atoms with Gasteiger partial charge < -0.3 is 15.8 Å². The molecule has 0 amide bonds. The SMILES string of the molecule is CC(C)CCOCCN=C(N)NC(C)(C)C.I. The van der Waals surface area contributed by atoms with Gasteiger partial charge in [0, 0.05) is 12.1 Å². The van der Waals surface area contributed by atoms with Crippen molar-refractivity contribution >= 4 is 29.9 Å². The number of halogens is 1. The van der Waals surface area contributed by atoms with Gasteiger partial charge in [0.15, 0.2) is 5.96 Å². The van der Waals surface area contributed by atoms with Gasteiger partial charge in [-0.15, -0.1) is 24.0 Å². The molecule has 0 saturated carbocycles. The van der Waals surface area contributed by atoms with Gasteiger partial charge >= 0.3 is 0 Å². The molecule has 0 radical (unpaired) electrons. The highest BCUT2D eigenvalue weighted by molar-refractivity contribution is 14.0. The van der Waals surface area contributed by atoms with Crippen molar-refractivity contribution < 1.29 is 4.74 Å². The van der Waals surface area contributed by atoms with E-state index in [1.54, 1.807) is 0 Å². The van der Waals surface area contributed by atoms with Crippen LogP contribution in [0.2, 0.25) is 0 Å².